The Morgan fingerprint density at radius 1 is 1.06 bits per heavy atom. The molecule has 0 radical (unpaired) electrons. The minimum absolute atomic E-state index is 0.0657. The molecular formula is C25H24N4O2S. The van der Waals surface area contributed by atoms with E-state index in [1.165, 1.54) is 0 Å². The molecule has 2 atom stereocenters. The molecule has 1 aliphatic rings. The molecule has 0 spiro atoms. The number of ether oxygens (including phenoxy) is 1. The number of benzene rings is 1. The molecule has 1 aromatic carbocycles. The molecule has 1 fully saturated rings. The Bertz CT molecular complexity index is 1170. The molecule has 1 N–H and O–H groups in total. The SMILES string of the molecule is CCOc1ccc(-n2cccc2[C@H]2[C@@H](c3ccccn3)NC(=S)N2Cc2ccco2)cc1. The molecule has 32 heavy (non-hydrogen) atoms. The lowest BCUT2D eigenvalue weighted by Crippen LogP contribution is -2.29. The summed E-state index contributed by atoms with van der Waals surface area (Å²) >= 11 is 5.77. The lowest BCUT2D eigenvalue weighted by atomic mass is 10.0. The number of thiocarbonyl (C=S) groups is 1. The van der Waals surface area contributed by atoms with Crippen molar-refractivity contribution >= 4 is 17.3 Å². The highest BCUT2D eigenvalue weighted by molar-refractivity contribution is 7.80. The molecule has 4 aromatic rings. The summed E-state index contributed by atoms with van der Waals surface area (Å²) in [6.07, 6.45) is 5.58. The Kier molecular flexibility index (Phi) is 5.64. The molecule has 4 heterocycles. The third-order valence-corrected chi connectivity index (χ3v) is 5.97. The smallest absolute Gasteiger partial charge is 0.170 e. The van der Waals surface area contributed by atoms with Crippen molar-refractivity contribution in [1.82, 2.24) is 19.8 Å². The van der Waals surface area contributed by atoms with Crippen LogP contribution in [0.4, 0.5) is 0 Å². The van der Waals surface area contributed by atoms with Gasteiger partial charge in [-0.05, 0) is 79.8 Å². The van der Waals surface area contributed by atoms with Crippen molar-refractivity contribution in [1.29, 1.82) is 0 Å². The van der Waals surface area contributed by atoms with Crippen LogP contribution in [0.15, 0.2) is 89.8 Å². The van der Waals surface area contributed by atoms with Crippen molar-refractivity contribution in [2.24, 2.45) is 0 Å². The average Bonchev–Trinajstić information content (AvgIpc) is 3.57. The Morgan fingerprint density at radius 2 is 1.94 bits per heavy atom. The minimum atomic E-state index is -0.0880. The van der Waals surface area contributed by atoms with E-state index >= 15 is 0 Å². The predicted octanol–water partition coefficient (Wildman–Crippen LogP) is 5.04. The largest absolute Gasteiger partial charge is 0.494 e. The van der Waals surface area contributed by atoms with Crippen LogP contribution in [-0.4, -0.2) is 26.2 Å². The zero-order valence-electron chi connectivity index (χ0n) is 17.7. The van der Waals surface area contributed by atoms with Crippen molar-refractivity contribution in [3.63, 3.8) is 0 Å². The van der Waals surface area contributed by atoms with E-state index in [0.717, 1.165) is 28.6 Å². The third kappa shape index (κ3) is 3.87. The van der Waals surface area contributed by atoms with Gasteiger partial charge in [0.15, 0.2) is 5.11 Å². The number of nitrogens with one attached hydrogen (secondary N) is 1. The number of furan rings is 1. The molecule has 1 saturated heterocycles. The Morgan fingerprint density at radius 3 is 2.66 bits per heavy atom. The van der Waals surface area contributed by atoms with Crippen LogP contribution < -0.4 is 10.1 Å². The lowest BCUT2D eigenvalue weighted by Gasteiger charge is -2.28. The molecule has 1 aliphatic heterocycles. The maximum Gasteiger partial charge on any atom is 0.170 e. The predicted molar refractivity (Wildman–Crippen MR) is 127 cm³/mol. The van der Waals surface area contributed by atoms with Gasteiger partial charge in [0.1, 0.15) is 11.5 Å². The maximum atomic E-state index is 5.77. The first kappa shape index (κ1) is 20.3. The van der Waals surface area contributed by atoms with E-state index in [-0.39, 0.29) is 12.1 Å². The monoisotopic (exact) mass is 444 g/mol. The summed E-state index contributed by atoms with van der Waals surface area (Å²) in [5.41, 5.74) is 3.12. The highest BCUT2D eigenvalue weighted by atomic mass is 32.1. The number of aromatic nitrogens is 2. The fraction of sp³-hybridized carbons (Fsp3) is 0.200. The van der Waals surface area contributed by atoms with Gasteiger partial charge in [0.05, 0.1) is 37.2 Å². The molecule has 162 valence electrons. The van der Waals surface area contributed by atoms with Gasteiger partial charge in [-0.1, -0.05) is 6.07 Å². The van der Waals surface area contributed by atoms with Crippen molar-refractivity contribution in [3.8, 4) is 11.4 Å². The zero-order chi connectivity index (χ0) is 21.9. The molecule has 5 rings (SSSR count). The van der Waals surface area contributed by atoms with Crippen molar-refractivity contribution < 1.29 is 9.15 Å². The second-order valence-electron chi connectivity index (χ2n) is 7.56. The molecular weight excluding hydrogens is 420 g/mol. The maximum absolute atomic E-state index is 5.77. The number of hydrogen-bond donors (Lipinski definition) is 1. The van der Waals surface area contributed by atoms with Crippen molar-refractivity contribution in [2.75, 3.05) is 6.61 Å². The Hall–Kier alpha value is -3.58. The average molecular weight is 445 g/mol. The van der Waals surface area contributed by atoms with Gasteiger partial charge in [0.2, 0.25) is 0 Å². The number of rotatable bonds is 7. The molecule has 7 heteroatoms. The van der Waals surface area contributed by atoms with E-state index < -0.39 is 0 Å². The number of pyridine rings is 1. The quantitative estimate of drug-likeness (QED) is 0.403. The van der Waals surface area contributed by atoms with Gasteiger partial charge < -0.3 is 23.9 Å². The molecule has 0 unspecified atom stereocenters. The first-order valence-electron chi connectivity index (χ1n) is 10.7. The standard InChI is InChI=1S/C25H24N4O2S/c1-2-30-19-12-10-18(11-13-19)28-15-5-9-22(28)24-23(21-8-3-4-14-26-21)27-25(32)29(24)17-20-7-6-16-31-20/h3-16,23-24H,2,17H2,1H3,(H,27,32)/t23-,24+/m1/s1. The summed E-state index contributed by atoms with van der Waals surface area (Å²) in [6.45, 7) is 3.20. The van der Waals surface area contributed by atoms with Gasteiger partial charge >= 0.3 is 0 Å². The van der Waals surface area contributed by atoms with Gasteiger partial charge in [-0.3, -0.25) is 4.98 Å². The summed E-state index contributed by atoms with van der Waals surface area (Å²) in [5, 5.41) is 4.18. The minimum Gasteiger partial charge on any atom is -0.494 e. The summed E-state index contributed by atoms with van der Waals surface area (Å²) in [7, 11) is 0. The van der Waals surface area contributed by atoms with E-state index in [1.807, 2.05) is 55.6 Å². The van der Waals surface area contributed by atoms with Crippen LogP contribution >= 0.6 is 12.2 Å². The number of nitrogens with zero attached hydrogens (tertiary/aromatic N) is 3. The molecule has 0 aliphatic carbocycles. The van der Waals surface area contributed by atoms with Gasteiger partial charge in [-0.2, -0.15) is 0 Å². The van der Waals surface area contributed by atoms with E-state index in [4.69, 9.17) is 21.4 Å². The Balaban J connectivity index is 1.56. The van der Waals surface area contributed by atoms with Gasteiger partial charge in [-0.15, -0.1) is 0 Å². The molecule has 6 nitrogen and oxygen atoms in total. The van der Waals surface area contributed by atoms with Gasteiger partial charge in [0.25, 0.3) is 0 Å². The van der Waals surface area contributed by atoms with E-state index in [1.54, 1.807) is 6.26 Å². The second-order valence-corrected chi connectivity index (χ2v) is 7.95. The third-order valence-electron chi connectivity index (χ3n) is 5.61. The lowest BCUT2D eigenvalue weighted by molar-refractivity contribution is 0.280. The zero-order valence-corrected chi connectivity index (χ0v) is 18.5. The van der Waals surface area contributed by atoms with Crippen LogP contribution in [0, 0.1) is 0 Å². The van der Waals surface area contributed by atoms with Crippen LogP contribution in [0.1, 0.15) is 36.2 Å². The van der Waals surface area contributed by atoms with E-state index in [9.17, 15) is 0 Å². The molecule has 3 aromatic heterocycles. The molecule has 0 amide bonds. The van der Waals surface area contributed by atoms with Crippen LogP contribution in [0.25, 0.3) is 5.69 Å². The van der Waals surface area contributed by atoms with Gasteiger partial charge in [0, 0.05) is 23.8 Å². The normalized spacial score (nSPS) is 18.0. The summed E-state index contributed by atoms with van der Waals surface area (Å²) < 4.78 is 13.4. The first-order chi connectivity index (χ1) is 15.7. The molecule has 0 saturated carbocycles. The highest BCUT2D eigenvalue weighted by Gasteiger charge is 2.41. The van der Waals surface area contributed by atoms with Crippen LogP contribution in [-0.2, 0) is 6.54 Å². The Labute approximate surface area is 192 Å². The fourth-order valence-corrected chi connectivity index (χ4v) is 4.51. The summed E-state index contributed by atoms with van der Waals surface area (Å²) in [6, 6.07) is 22.0. The van der Waals surface area contributed by atoms with Crippen molar-refractivity contribution in [3.05, 3.63) is 103 Å². The first-order valence-corrected chi connectivity index (χ1v) is 11.1. The fourth-order valence-electron chi connectivity index (χ4n) is 4.21. The number of hydrogen-bond acceptors (Lipinski definition) is 4. The van der Waals surface area contributed by atoms with Gasteiger partial charge in [-0.25, -0.2) is 0 Å². The van der Waals surface area contributed by atoms with Crippen molar-refractivity contribution in [2.45, 2.75) is 25.6 Å². The van der Waals surface area contributed by atoms with E-state index in [2.05, 4.69) is 50.2 Å². The van der Waals surface area contributed by atoms with Crippen LogP contribution in [0.3, 0.4) is 0 Å². The molecule has 0 bridgehead atoms. The summed E-state index contributed by atoms with van der Waals surface area (Å²) in [5.74, 6) is 1.72. The van der Waals surface area contributed by atoms with Crippen LogP contribution in [0.2, 0.25) is 0 Å². The topological polar surface area (TPSA) is 55.5 Å². The van der Waals surface area contributed by atoms with Crippen LogP contribution in [0.5, 0.6) is 5.75 Å². The highest BCUT2D eigenvalue weighted by Crippen LogP contribution is 2.40. The summed E-state index contributed by atoms with van der Waals surface area (Å²) in [4.78, 5) is 6.80. The van der Waals surface area contributed by atoms with E-state index in [0.29, 0.717) is 18.3 Å². The second kappa shape index (κ2) is 8.88.